The summed E-state index contributed by atoms with van der Waals surface area (Å²) in [6.07, 6.45) is -4.16. The summed E-state index contributed by atoms with van der Waals surface area (Å²) in [7, 11) is 0. The lowest BCUT2D eigenvalue weighted by Gasteiger charge is -2.28. The molecule has 28 heavy (non-hydrogen) atoms. The Hall–Kier alpha value is -3.05. The fourth-order valence-electron chi connectivity index (χ4n) is 3.15. The lowest BCUT2D eigenvalue weighted by atomic mass is 10.0. The molecule has 2 aromatic carbocycles. The number of anilines is 1. The van der Waals surface area contributed by atoms with E-state index in [1.54, 1.807) is 18.2 Å². The quantitative estimate of drug-likeness (QED) is 0.870. The molecule has 1 aliphatic rings. The highest BCUT2D eigenvalue weighted by Gasteiger charge is 2.40. The second-order valence-electron chi connectivity index (χ2n) is 6.68. The number of nitriles is 1. The molecule has 0 aliphatic carbocycles. The van der Waals surface area contributed by atoms with E-state index < -0.39 is 35.6 Å². The standard InChI is InChI=1S/C20H17F3N2O3/c1-19(27,12-28-17-8-3-2-6-15(17)20(21,22)23)18(26)25-10-9-14-13(11-24)5-4-7-16(14)25/h2-8,27H,9-10,12H2,1H3/t19-/m0/s1. The minimum Gasteiger partial charge on any atom is -0.489 e. The Bertz CT molecular complexity index is 948. The van der Waals surface area contributed by atoms with Gasteiger partial charge in [-0.15, -0.1) is 0 Å². The van der Waals surface area contributed by atoms with Crippen molar-refractivity contribution in [2.24, 2.45) is 0 Å². The summed E-state index contributed by atoms with van der Waals surface area (Å²) in [5.74, 6) is -1.16. The molecule has 1 N–H and O–H groups in total. The van der Waals surface area contributed by atoms with Gasteiger partial charge in [-0.2, -0.15) is 18.4 Å². The van der Waals surface area contributed by atoms with Crippen LogP contribution in [-0.2, 0) is 17.4 Å². The zero-order chi connectivity index (χ0) is 20.5. The lowest BCUT2D eigenvalue weighted by Crippen LogP contribution is -2.50. The Balaban J connectivity index is 1.79. The highest BCUT2D eigenvalue weighted by atomic mass is 19.4. The summed E-state index contributed by atoms with van der Waals surface area (Å²) in [5, 5.41) is 19.8. The van der Waals surface area contributed by atoms with Gasteiger partial charge in [0, 0.05) is 12.2 Å². The number of hydrogen-bond donors (Lipinski definition) is 1. The van der Waals surface area contributed by atoms with Crippen LogP contribution in [0.5, 0.6) is 5.75 Å². The fraction of sp³-hybridized carbons (Fsp3) is 0.300. The molecule has 0 spiro atoms. The van der Waals surface area contributed by atoms with E-state index in [4.69, 9.17) is 4.74 Å². The molecule has 0 unspecified atom stereocenters. The number of benzene rings is 2. The van der Waals surface area contributed by atoms with Crippen LogP contribution in [0.3, 0.4) is 0 Å². The highest BCUT2D eigenvalue weighted by Crippen LogP contribution is 2.36. The number of amides is 1. The summed E-state index contributed by atoms with van der Waals surface area (Å²) in [5.41, 5.74) is -1.37. The maximum Gasteiger partial charge on any atom is 0.419 e. The number of alkyl halides is 3. The third-order valence-corrected chi connectivity index (χ3v) is 4.56. The monoisotopic (exact) mass is 390 g/mol. The van der Waals surface area contributed by atoms with Crippen molar-refractivity contribution in [1.29, 1.82) is 5.26 Å². The molecule has 5 nitrogen and oxygen atoms in total. The van der Waals surface area contributed by atoms with Gasteiger partial charge in [0.25, 0.3) is 5.91 Å². The van der Waals surface area contributed by atoms with Crippen molar-refractivity contribution in [3.05, 3.63) is 59.2 Å². The Morgan fingerprint density at radius 1 is 1.25 bits per heavy atom. The molecule has 0 bridgehead atoms. The third-order valence-electron chi connectivity index (χ3n) is 4.56. The van der Waals surface area contributed by atoms with Crippen LogP contribution >= 0.6 is 0 Å². The maximum atomic E-state index is 13.1. The highest BCUT2D eigenvalue weighted by molar-refractivity contribution is 6.01. The number of ether oxygens (including phenoxy) is 1. The Morgan fingerprint density at radius 3 is 2.64 bits per heavy atom. The first kappa shape index (κ1) is 19.7. The summed E-state index contributed by atoms with van der Waals surface area (Å²) in [4.78, 5) is 14.2. The molecule has 2 aromatic rings. The molecule has 8 heteroatoms. The second-order valence-corrected chi connectivity index (χ2v) is 6.68. The molecule has 146 valence electrons. The molecular weight excluding hydrogens is 373 g/mol. The number of nitrogens with zero attached hydrogens (tertiary/aromatic N) is 2. The van der Waals surface area contributed by atoms with Crippen LogP contribution in [0, 0.1) is 11.3 Å². The maximum absolute atomic E-state index is 13.1. The van der Waals surface area contributed by atoms with Crippen LogP contribution in [0.15, 0.2) is 42.5 Å². The van der Waals surface area contributed by atoms with Crippen molar-refractivity contribution >= 4 is 11.6 Å². The number of carbonyl (C=O) groups is 1. The summed E-state index contributed by atoms with van der Waals surface area (Å²) < 4.78 is 44.4. The van der Waals surface area contributed by atoms with Gasteiger partial charge in [0.1, 0.15) is 12.4 Å². The number of aliphatic hydroxyl groups is 1. The van der Waals surface area contributed by atoms with Gasteiger partial charge in [0.15, 0.2) is 5.60 Å². The van der Waals surface area contributed by atoms with Crippen LogP contribution in [0.1, 0.15) is 23.6 Å². The molecule has 0 aromatic heterocycles. The topological polar surface area (TPSA) is 73.6 Å². The average molecular weight is 390 g/mol. The number of hydrogen-bond acceptors (Lipinski definition) is 4. The first-order valence-corrected chi connectivity index (χ1v) is 8.50. The minimum absolute atomic E-state index is 0.266. The van der Waals surface area contributed by atoms with Crippen LogP contribution in [0.2, 0.25) is 0 Å². The van der Waals surface area contributed by atoms with Crippen molar-refractivity contribution in [2.75, 3.05) is 18.1 Å². The van der Waals surface area contributed by atoms with Crippen LogP contribution in [-0.4, -0.2) is 29.8 Å². The Kier molecular flexibility index (Phi) is 5.04. The van der Waals surface area contributed by atoms with E-state index in [1.165, 1.54) is 24.0 Å². The Labute approximate surface area is 159 Å². The second kappa shape index (κ2) is 7.17. The number of carbonyl (C=O) groups excluding carboxylic acids is 1. The van der Waals surface area contributed by atoms with Crippen molar-refractivity contribution < 1.29 is 27.8 Å². The van der Waals surface area contributed by atoms with Crippen LogP contribution in [0.4, 0.5) is 18.9 Å². The van der Waals surface area contributed by atoms with E-state index in [0.29, 0.717) is 23.2 Å². The largest absolute Gasteiger partial charge is 0.489 e. The lowest BCUT2D eigenvalue weighted by molar-refractivity contribution is -0.141. The summed E-state index contributed by atoms with van der Waals surface area (Å²) in [6, 6.07) is 11.6. The van der Waals surface area contributed by atoms with E-state index in [0.717, 1.165) is 12.1 Å². The minimum atomic E-state index is -4.62. The molecule has 0 saturated heterocycles. The first-order valence-electron chi connectivity index (χ1n) is 8.50. The summed E-state index contributed by atoms with van der Waals surface area (Å²) >= 11 is 0. The third kappa shape index (κ3) is 3.66. The van der Waals surface area contributed by atoms with E-state index >= 15 is 0 Å². The normalized spacial score (nSPS) is 15.5. The predicted molar refractivity (Wildman–Crippen MR) is 94.8 cm³/mol. The van der Waals surface area contributed by atoms with Gasteiger partial charge >= 0.3 is 6.18 Å². The molecule has 0 fully saturated rings. The zero-order valence-electron chi connectivity index (χ0n) is 15.0. The molecule has 1 atom stereocenters. The van der Waals surface area contributed by atoms with Gasteiger partial charge in [0.05, 0.1) is 17.2 Å². The molecule has 1 heterocycles. The smallest absolute Gasteiger partial charge is 0.419 e. The molecule has 0 radical (unpaired) electrons. The number of para-hydroxylation sites is 1. The predicted octanol–water partition coefficient (Wildman–Crippen LogP) is 3.30. The molecule has 1 aliphatic heterocycles. The van der Waals surface area contributed by atoms with E-state index in [1.807, 2.05) is 0 Å². The van der Waals surface area contributed by atoms with E-state index in [9.17, 15) is 28.3 Å². The first-order chi connectivity index (χ1) is 13.1. The fourth-order valence-corrected chi connectivity index (χ4v) is 3.15. The van der Waals surface area contributed by atoms with Gasteiger partial charge in [-0.05, 0) is 43.2 Å². The molecule has 3 rings (SSSR count). The number of fused-ring (bicyclic) bond motifs is 1. The van der Waals surface area contributed by atoms with E-state index in [2.05, 4.69) is 6.07 Å². The number of rotatable bonds is 4. The van der Waals surface area contributed by atoms with Crippen molar-refractivity contribution in [2.45, 2.75) is 25.1 Å². The van der Waals surface area contributed by atoms with Crippen molar-refractivity contribution in [1.82, 2.24) is 0 Å². The average Bonchev–Trinajstić information content (AvgIpc) is 3.09. The Morgan fingerprint density at radius 2 is 1.96 bits per heavy atom. The van der Waals surface area contributed by atoms with Gasteiger partial charge < -0.3 is 14.7 Å². The molecule has 0 saturated carbocycles. The summed E-state index contributed by atoms with van der Waals surface area (Å²) in [6.45, 7) is 0.808. The van der Waals surface area contributed by atoms with Gasteiger partial charge in [-0.25, -0.2) is 0 Å². The van der Waals surface area contributed by atoms with Crippen LogP contribution < -0.4 is 9.64 Å². The van der Waals surface area contributed by atoms with Crippen molar-refractivity contribution in [3.8, 4) is 11.8 Å². The van der Waals surface area contributed by atoms with E-state index in [-0.39, 0.29) is 6.54 Å². The van der Waals surface area contributed by atoms with Crippen LogP contribution in [0.25, 0.3) is 0 Å². The van der Waals surface area contributed by atoms with Gasteiger partial charge in [-0.1, -0.05) is 18.2 Å². The number of halogens is 3. The van der Waals surface area contributed by atoms with Gasteiger partial charge in [-0.3, -0.25) is 4.79 Å². The molecular formula is C20H17F3N2O3. The molecule has 1 amide bonds. The SMILES string of the molecule is C[C@](O)(COc1ccccc1C(F)(F)F)C(=O)N1CCc2c(C#N)cccc21. The zero-order valence-corrected chi connectivity index (χ0v) is 15.0. The van der Waals surface area contributed by atoms with Crippen molar-refractivity contribution in [3.63, 3.8) is 0 Å². The van der Waals surface area contributed by atoms with Gasteiger partial charge in [0.2, 0.25) is 0 Å².